The van der Waals surface area contributed by atoms with Gasteiger partial charge in [-0.1, -0.05) is 27.2 Å². The third-order valence-electron chi connectivity index (χ3n) is 3.70. The van der Waals surface area contributed by atoms with E-state index in [4.69, 9.17) is 4.74 Å². The van der Waals surface area contributed by atoms with Gasteiger partial charge in [0.1, 0.15) is 0 Å². The molecule has 1 saturated heterocycles. The molecule has 1 aliphatic heterocycles. The van der Waals surface area contributed by atoms with E-state index in [9.17, 15) is 0 Å². The van der Waals surface area contributed by atoms with Crippen LogP contribution in [-0.4, -0.2) is 13.2 Å². The van der Waals surface area contributed by atoms with Crippen molar-refractivity contribution in [2.75, 3.05) is 13.2 Å². The third-order valence-corrected chi connectivity index (χ3v) is 3.70. The quantitative estimate of drug-likeness (QED) is 0.604. The lowest BCUT2D eigenvalue weighted by Crippen LogP contribution is -2.37. The van der Waals surface area contributed by atoms with Crippen molar-refractivity contribution in [2.24, 2.45) is 11.3 Å². The van der Waals surface area contributed by atoms with Gasteiger partial charge in [-0.25, -0.2) is 0 Å². The number of hydrogen-bond acceptors (Lipinski definition) is 1. The van der Waals surface area contributed by atoms with Crippen LogP contribution in [0.4, 0.5) is 0 Å². The largest absolute Gasteiger partial charge is 0.381 e. The van der Waals surface area contributed by atoms with Crippen LogP contribution < -0.4 is 0 Å². The van der Waals surface area contributed by atoms with Crippen LogP contribution in [-0.2, 0) is 4.74 Å². The fraction of sp³-hybridized carbons (Fsp3) is 1.00. The molecule has 0 aromatic carbocycles. The topological polar surface area (TPSA) is 9.23 Å². The van der Waals surface area contributed by atoms with Crippen LogP contribution >= 0.6 is 0 Å². The first-order valence-corrected chi connectivity index (χ1v) is 5.89. The van der Waals surface area contributed by atoms with Gasteiger partial charge >= 0.3 is 0 Å². The van der Waals surface area contributed by atoms with Gasteiger partial charge < -0.3 is 4.74 Å². The molecule has 0 aromatic heterocycles. The van der Waals surface area contributed by atoms with Crippen LogP contribution in [0.3, 0.4) is 0 Å². The molecule has 0 spiro atoms. The van der Waals surface area contributed by atoms with Crippen LogP contribution in [0.1, 0.15) is 52.9 Å². The molecular formula is C12H24O. The molecule has 0 bridgehead atoms. The van der Waals surface area contributed by atoms with Gasteiger partial charge in [0.2, 0.25) is 0 Å². The Bertz CT molecular complexity index is 132. The molecule has 13 heavy (non-hydrogen) atoms. The summed E-state index contributed by atoms with van der Waals surface area (Å²) in [5.74, 6) is 0.977. The molecule has 78 valence electrons. The van der Waals surface area contributed by atoms with Crippen molar-refractivity contribution in [3.63, 3.8) is 0 Å². The summed E-state index contributed by atoms with van der Waals surface area (Å²) in [6.07, 6.45) is 7.04. The monoisotopic (exact) mass is 184 g/mol. The van der Waals surface area contributed by atoms with Crippen LogP contribution in [0.15, 0.2) is 0 Å². The summed E-state index contributed by atoms with van der Waals surface area (Å²) < 4.78 is 5.36. The first-order valence-electron chi connectivity index (χ1n) is 5.89. The molecule has 0 unspecified atom stereocenters. The average molecular weight is 184 g/mol. The maximum atomic E-state index is 5.36. The Kier molecular flexibility index (Phi) is 4.24. The van der Waals surface area contributed by atoms with E-state index in [0.29, 0.717) is 5.41 Å². The average Bonchev–Trinajstić information content (AvgIpc) is 2.19. The van der Waals surface area contributed by atoms with E-state index in [1.807, 2.05) is 13.8 Å². The van der Waals surface area contributed by atoms with E-state index in [1.165, 1.54) is 32.1 Å². The van der Waals surface area contributed by atoms with Gasteiger partial charge in [0.25, 0.3) is 0 Å². The predicted octanol–water partition coefficient (Wildman–Crippen LogP) is 3.63. The highest BCUT2D eigenvalue weighted by molar-refractivity contribution is 4.90. The Morgan fingerprint density at radius 3 is 2.00 bits per heavy atom. The van der Waals surface area contributed by atoms with Gasteiger partial charge in [0.15, 0.2) is 0 Å². The smallest absolute Gasteiger partial charge is 0.0468 e. The van der Waals surface area contributed by atoms with Crippen molar-refractivity contribution >= 4 is 0 Å². The van der Waals surface area contributed by atoms with Crippen molar-refractivity contribution in [1.29, 1.82) is 0 Å². The van der Waals surface area contributed by atoms with Crippen LogP contribution in [0, 0.1) is 11.3 Å². The SMILES string of the molecule is CC.CC1(C2CCOCC2)CCC1. The Morgan fingerprint density at radius 2 is 1.62 bits per heavy atom. The van der Waals surface area contributed by atoms with E-state index >= 15 is 0 Å². The van der Waals surface area contributed by atoms with Gasteiger partial charge in [-0.05, 0) is 37.0 Å². The van der Waals surface area contributed by atoms with E-state index in [-0.39, 0.29) is 0 Å². The normalized spacial score (nSPS) is 27.0. The molecule has 1 nitrogen and oxygen atoms in total. The maximum absolute atomic E-state index is 5.36. The maximum Gasteiger partial charge on any atom is 0.0468 e. The first kappa shape index (κ1) is 11.0. The highest BCUT2D eigenvalue weighted by Crippen LogP contribution is 2.49. The van der Waals surface area contributed by atoms with Gasteiger partial charge in [-0.2, -0.15) is 0 Å². The molecule has 0 N–H and O–H groups in total. The summed E-state index contributed by atoms with van der Waals surface area (Å²) in [5.41, 5.74) is 0.712. The van der Waals surface area contributed by atoms with Crippen LogP contribution in [0.5, 0.6) is 0 Å². The van der Waals surface area contributed by atoms with Gasteiger partial charge in [0, 0.05) is 13.2 Å². The minimum atomic E-state index is 0.712. The Morgan fingerprint density at radius 1 is 1.08 bits per heavy atom. The summed E-state index contributed by atoms with van der Waals surface area (Å²) in [4.78, 5) is 0. The molecule has 0 atom stereocenters. The van der Waals surface area contributed by atoms with Crippen molar-refractivity contribution in [3.05, 3.63) is 0 Å². The summed E-state index contributed by atoms with van der Waals surface area (Å²) in [6, 6.07) is 0. The fourth-order valence-electron chi connectivity index (χ4n) is 2.54. The van der Waals surface area contributed by atoms with Crippen LogP contribution in [0.25, 0.3) is 0 Å². The number of ether oxygens (including phenoxy) is 1. The molecule has 2 fully saturated rings. The second-order valence-corrected chi connectivity index (χ2v) is 4.39. The lowest BCUT2D eigenvalue weighted by atomic mass is 9.60. The van der Waals surface area contributed by atoms with Crippen LogP contribution in [0.2, 0.25) is 0 Å². The summed E-state index contributed by atoms with van der Waals surface area (Å²) in [5, 5.41) is 0. The number of hydrogen-bond donors (Lipinski definition) is 0. The van der Waals surface area contributed by atoms with Gasteiger partial charge in [-0.3, -0.25) is 0 Å². The fourth-order valence-corrected chi connectivity index (χ4v) is 2.54. The minimum absolute atomic E-state index is 0.712. The first-order chi connectivity index (χ1) is 6.31. The van der Waals surface area contributed by atoms with E-state index in [0.717, 1.165) is 19.1 Å². The zero-order valence-electron chi connectivity index (χ0n) is 9.44. The van der Waals surface area contributed by atoms with Crippen molar-refractivity contribution in [1.82, 2.24) is 0 Å². The second-order valence-electron chi connectivity index (χ2n) is 4.39. The Labute approximate surface area is 82.9 Å². The van der Waals surface area contributed by atoms with Crippen molar-refractivity contribution in [2.45, 2.75) is 52.9 Å². The van der Waals surface area contributed by atoms with Crippen molar-refractivity contribution in [3.8, 4) is 0 Å². The van der Waals surface area contributed by atoms with E-state index in [2.05, 4.69) is 6.92 Å². The second kappa shape index (κ2) is 4.99. The molecule has 2 rings (SSSR count). The standard InChI is InChI=1S/C10H18O.C2H6/c1-10(5-2-6-10)9-3-7-11-8-4-9;1-2/h9H,2-8H2,1H3;1-2H3. The number of rotatable bonds is 1. The Hall–Kier alpha value is -0.0400. The zero-order chi connectivity index (χ0) is 9.73. The summed E-state index contributed by atoms with van der Waals surface area (Å²) >= 11 is 0. The molecule has 1 aliphatic carbocycles. The third kappa shape index (κ3) is 2.46. The highest BCUT2D eigenvalue weighted by atomic mass is 16.5. The van der Waals surface area contributed by atoms with E-state index < -0.39 is 0 Å². The summed E-state index contributed by atoms with van der Waals surface area (Å²) in [7, 11) is 0. The lowest BCUT2D eigenvalue weighted by molar-refractivity contribution is -0.0194. The molecule has 2 aliphatic rings. The molecule has 0 radical (unpaired) electrons. The molecule has 1 saturated carbocycles. The molecule has 1 heterocycles. The minimum Gasteiger partial charge on any atom is -0.381 e. The highest BCUT2D eigenvalue weighted by Gasteiger charge is 2.39. The van der Waals surface area contributed by atoms with Gasteiger partial charge in [-0.15, -0.1) is 0 Å². The molecule has 0 aromatic rings. The zero-order valence-corrected chi connectivity index (χ0v) is 9.44. The summed E-state index contributed by atoms with van der Waals surface area (Å²) in [6.45, 7) is 8.49. The van der Waals surface area contributed by atoms with E-state index in [1.54, 1.807) is 0 Å². The molecular weight excluding hydrogens is 160 g/mol. The van der Waals surface area contributed by atoms with Crippen molar-refractivity contribution < 1.29 is 4.74 Å². The molecule has 0 amide bonds. The molecule has 1 heteroatoms. The lowest BCUT2D eigenvalue weighted by Gasteiger charge is -2.46. The Balaban J connectivity index is 0.000000396. The van der Waals surface area contributed by atoms with Gasteiger partial charge in [0.05, 0.1) is 0 Å². The predicted molar refractivity (Wildman–Crippen MR) is 56.8 cm³/mol.